The number of amides is 1. The lowest BCUT2D eigenvalue weighted by molar-refractivity contribution is -0.130. The molecule has 0 radical (unpaired) electrons. The van der Waals surface area contributed by atoms with E-state index in [1.165, 1.54) is 0 Å². The first-order chi connectivity index (χ1) is 8.99. The molecule has 0 unspecified atom stereocenters. The summed E-state index contributed by atoms with van der Waals surface area (Å²) in [6.45, 7) is 2.59. The smallest absolute Gasteiger partial charge is 0.222 e. The predicted octanol–water partition coefficient (Wildman–Crippen LogP) is -0.248. The Balaban J connectivity index is 1.72. The molecule has 0 saturated carbocycles. The van der Waals surface area contributed by atoms with Gasteiger partial charge in [0.05, 0.1) is 5.75 Å². The van der Waals surface area contributed by atoms with E-state index in [1.807, 2.05) is 0 Å². The van der Waals surface area contributed by atoms with Crippen LogP contribution in [0.3, 0.4) is 0 Å². The van der Waals surface area contributed by atoms with Crippen LogP contribution in [0, 0.1) is 0 Å². The molecule has 2 saturated heterocycles. The number of likely N-dealkylation sites (tertiary alicyclic amines) is 1. The van der Waals surface area contributed by atoms with Crippen LogP contribution in [0.2, 0.25) is 0 Å². The third-order valence-corrected chi connectivity index (χ3v) is 5.79. The van der Waals surface area contributed by atoms with Crippen LogP contribution in [0.25, 0.3) is 0 Å². The lowest BCUT2D eigenvalue weighted by Gasteiger charge is -2.17. The van der Waals surface area contributed by atoms with Crippen LogP contribution >= 0.6 is 0 Å². The first kappa shape index (κ1) is 14.7. The number of carbonyl (C=O) groups is 1. The largest absolute Gasteiger partial charge is 0.341 e. The van der Waals surface area contributed by atoms with Crippen molar-refractivity contribution in [3.05, 3.63) is 0 Å². The second kappa shape index (κ2) is 6.19. The van der Waals surface area contributed by atoms with E-state index in [-0.39, 0.29) is 17.7 Å². The second-order valence-electron chi connectivity index (χ2n) is 5.41. The molecule has 2 fully saturated rings. The fraction of sp³-hybridized carbons (Fsp3) is 0.917. The molecule has 6 nitrogen and oxygen atoms in total. The van der Waals surface area contributed by atoms with Crippen LogP contribution in [-0.4, -0.2) is 61.5 Å². The van der Waals surface area contributed by atoms with Crippen LogP contribution in [0.4, 0.5) is 0 Å². The van der Waals surface area contributed by atoms with Crippen LogP contribution in [0.5, 0.6) is 0 Å². The van der Waals surface area contributed by atoms with Crippen molar-refractivity contribution in [3.63, 3.8) is 0 Å². The molecule has 2 heterocycles. The van der Waals surface area contributed by atoms with Crippen molar-refractivity contribution in [1.82, 2.24) is 9.21 Å². The van der Waals surface area contributed by atoms with Gasteiger partial charge in [0, 0.05) is 38.6 Å². The number of nitrogens with two attached hydrogens (primary N) is 1. The molecule has 0 spiro atoms. The zero-order valence-electron chi connectivity index (χ0n) is 11.3. The highest BCUT2D eigenvalue weighted by atomic mass is 32.2. The fourth-order valence-electron chi connectivity index (χ4n) is 2.67. The first-order valence-electron chi connectivity index (χ1n) is 7.00. The minimum absolute atomic E-state index is 0.0320. The Bertz CT molecular complexity index is 418. The average molecular weight is 289 g/mol. The molecular formula is C12H23N3O3S. The molecule has 2 aliphatic rings. The summed E-state index contributed by atoms with van der Waals surface area (Å²) in [5.41, 5.74) is 5.75. The second-order valence-corrected chi connectivity index (χ2v) is 7.50. The van der Waals surface area contributed by atoms with E-state index in [2.05, 4.69) is 0 Å². The van der Waals surface area contributed by atoms with E-state index < -0.39 is 10.0 Å². The van der Waals surface area contributed by atoms with Gasteiger partial charge in [0.1, 0.15) is 0 Å². The number of carbonyl (C=O) groups excluding carboxylic acids is 1. The van der Waals surface area contributed by atoms with Gasteiger partial charge in [-0.2, -0.15) is 0 Å². The van der Waals surface area contributed by atoms with Crippen molar-refractivity contribution >= 4 is 15.9 Å². The van der Waals surface area contributed by atoms with E-state index in [4.69, 9.17) is 5.73 Å². The quantitative estimate of drug-likeness (QED) is 0.756. The maximum atomic E-state index is 12.0. The number of sulfonamides is 1. The van der Waals surface area contributed by atoms with E-state index in [1.54, 1.807) is 9.21 Å². The van der Waals surface area contributed by atoms with Crippen molar-refractivity contribution in [3.8, 4) is 0 Å². The van der Waals surface area contributed by atoms with Gasteiger partial charge < -0.3 is 10.6 Å². The van der Waals surface area contributed by atoms with Gasteiger partial charge >= 0.3 is 0 Å². The molecule has 0 aromatic rings. The molecule has 19 heavy (non-hydrogen) atoms. The highest BCUT2D eigenvalue weighted by Crippen LogP contribution is 2.15. The molecule has 2 aliphatic heterocycles. The third-order valence-electron chi connectivity index (χ3n) is 3.83. The summed E-state index contributed by atoms with van der Waals surface area (Å²) >= 11 is 0. The molecule has 7 heteroatoms. The summed E-state index contributed by atoms with van der Waals surface area (Å²) in [7, 11) is -3.15. The molecule has 1 amide bonds. The summed E-state index contributed by atoms with van der Waals surface area (Å²) < 4.78 is 25.5. The Morgan fingerprint density at radius 1 is 1.21 bits per heavy atom. The summed E-state index contributed by atoms with van der Waals surface area (Å²) in [6.07, 6.45) is 3.45. The van der Waals surface area contributed by atoms with Gasteiger partial charge in [-0.05, 0) is 25.7 Å². The standard InChI is InChI=1S/C12H23N3O3S/c13-11-5-8-14(10-11)12(16)4-3-9-19(17,18)15-6-1-2-7-15/h11H,1-10,13H2/t11-/m1/s1. The van der Waals surface area contributed by atoms with Gasteiger partial charge in [-0.15, -0.1) is 0 Å². The zero-order valence-corrected chi connectivity index (χ0v) is 12.1. The van der Waals surface area contributed by atoms with E-state index >= 15 is 0 Å². The van der Waals surface area contributed by atoms with Crippen LogP contribution < -0.4 is 5.73 Å². The summed E-state index contributed by atoms with van der Waals surface area (Å²) in [5, 5.41) is 0. The van der Waals surface area contributed by atoms with Crippen molar-refractivity contribution in [2.75, 3.05) is 31.9 Å². The highest BCUT2D eigenvalue weighted by Gasteiger charge is 2.26. The molecule has 0 bridgehead atoms. The van der Waals surface area contributed by atoms with Crippen molar-refractivity contribution < 1.29 is 13.2 Å². The topological polar surface area (TPSA) is 83.7 Å². The Morgan fingerprint density at radius 3 is 2.47 bits per heavy atom. The number of hydrogen-bond donors (Lipinski definition) is 1. The van der Waals surface area contributed by atoms with Gasteiger partial charge in [0.2, 0.25) is 15.9 Å². The normalized spacial score (nSPS) is 25.1. The monoisotopic (exact) mass is 289 g/mol. The van der Waals surface area contributed by atoms with Crippen LogP contribution in [0.15, 0.2) is 0 Å². The van der Waals surface area contributed by atoms with Gasteiger partial charge in [0.15, 0.2) is 0 Å². The molecule has 0 aromatic heterocycles. The summed E-state index contributed by atoms with van der Waals surface area (Å²) in [5.74, 6) is 0.114. The molecule has 0 aromatic carbocycles. The van der Waals surface area contributed by atoms with Crippen molar-refractivity contribution in [2.24, 2.45) is 5.73 Å². The van der Waals surface area contributed by atoms with E-state index in [9.17, 15) is 13.2 Å². The van der Waals surface area contributed by atoms with E-state index in [0.717, 1.165) is 19.3 Å². The lowest BCUT2D eigenvalue weighted by atomic mass is 10.3. The van der Waals surface area contributed by atoms with Crippen LogP contribution in [-0.2, 0) is 14.8 Å². The van der Waals surface area contributed by atoms with Gasteiger partial charge in [0.25, 0.3) is 0 Å². The number of rotatable bonds is 5. The van der Waals surface area contributed by atoms with Crippen molar-refractivity contribution in [1.29, 1.82) is 0 Å². The van der Waals surface area contributed by atoms with Gasteiger partial charge in [-0.25, -0.2) is 12.7 Å². The third kappa shape index (κ3) is 3.90. The van der Waals surface area contributed by atoms with Crippen molar-refractivity contribution in [2.45, 2.75) is 38.1 Å². The SMILES string of the molecule is N[C@@H]1CCN(C(=O)CCCS(=O)(=O)N2CCCC2)C1. The average Bonchev–Trinajstić information content (AvgIpc) is 2.99. The van der Waals surface area contributed by atoms with Gasteiger partial charge in [-0.3, -0.25) is 4.79 Å². The predicted molar refractivity (Wildman–Crippen MR) is 73.0 cm³/mol. The number of nitrogens with zero attached hydrogens (tertiary/aromatic N) is 2. The first-order valence-corrected chi connectivity index (χ1v) is 8.61. The van der Waals surface area contributed by atoms with Gasteiger partial charge in [-0.1, -0.05) is 0 Å². The number of hydrogen-bond acceptors (Lipinski definition) is 4. The van der Waals surface area contributed by atoms with Crippen LogP contribution in [0.1, 0.15) is 32.1 Å². The fourth-order valence-corrected chi connectivity index (χ4v) is 4.26. The maximum absolute atomic E-state index is 12.0. The Hall–Kier alpha value is -0.660. The Kier molecular flexibility index (Phi) is 4.81. The lowest BCUT2D eigenvalue weighted by Crippen LogP contribution is -2.33. The molecule has 0 aliphatic carbocycles. The molecular weight excluding hydrogens is 266 g/mol. The zero-order chi connectivity index (χ0) is 13.9. The molecule has 2 N–H and O–H groups in total. The summed E-state index contributed by atoms with van der Waals surface area (Å²) in [4.78, 5) is 13.6. The Labute approximate surface area is 115 Å². The maximum Gasteiger partial charge on any atom is 0.222 e. The summed E-state index contributed by atoms with van der Waals surface area (Å²) in [6, 6.07) is 0.0808. The molecule has 110 valence electrons. The Morgan fingerprint density at radius 2 is 1.89 bits per heavy atom. The minimum atomic E-state index is -3.15. The molecule has 2 rings (SSSR count). The minimum Gasteiger partial charge on any atom is -0.341 e. The van der Waals surface area contributed by atoms with E-state index in [0.29, 0.717) is 39.0 Å². The molecule has 1 atom stereocenters. The highest BCUT2D eigenvalue weighted by molar-refractivity contribution is 7.89.